The number of Topliss-reactive ketones (excluding diaryl/α,β-unsaturated/α-hetero) is 1. The van der Waals surface area contributed by atoms with Crippen LogP contribution < -0.4 is 0 Å². The van der Waals surface area contributed by atoms with Crippen molar-refractivity contribution in [2.24, 2.45) is 0 Å². The van der Waals surface area contributed by atoms with E-state index in [4.69, 9.17) is 0 Å². The second kappa shape index (κ2) is 4.64. The van der Waals surface area contributed by atoms with Crippen molar-refractivity contribution in [2.75, 3.05) is 14.1 Å². The molecule has 4 heteroatoms. The van der Waals surface area contributed by atoms with Gasteiger partial charge in [0.15, 0.2) is 5.78 Å². The standard InChI is InChI=1S/C14H17N3O/c1-10-7-14-15-5-6-17(14)9-12(10)13(11(2)18)8-16(3)4/h5-9H,1-4H3. The Morgan fingerprint density at radius 3 is 2.78 bits per heavy atom. The Morgan fingerprint density at radius 1 is 1.44 bits per heavy atom. The second-order valence-corrected chi connectivity index (χ2v) is 4.63. The molecule has 94 valence electrons. The Bertz CT molecular complexity index is 623. The molecule has 4 nitrogen and oxygen atoms in total. The van der Waals surface area contributed by atoms with Crippen LogP contribution >= 0.6 is 0 Å². The van der Waals surface area contributed by atoms with E-state index in [1.165, 1.54) is 0 Å². The molecule has 0 spiro atoms. The molecule has 0 atom stereocenters. The van der Waals surface area contributed by atoms with Crippen LogP contribution in [-0.4, -0.2) is 34.2 Å². The van der Waals surface area contributed by atoms with E-state index in [2.05, 4.69) is 4.98 Å². The van der Waals surface area contributed by atoms with Crippen molar-refractivity contribution in [3.05, 3.63) is 42.0 Å². The van der Waals surface area contributed by atoms with Gasteiger partial charge in [-0.1, -0.05) is 0 Å². The molecule has 18 heavy (non-hydrogen) atoms. The summed E-state index contributed by atoms with van der Waals surface area (Å²) in [5.74, 6) is 0.0614. The highest BCUT2D eigenvalue weighted by Crippen LogP contribution is 2.21. The first-order valence-electron chi connectivity index (χ1n) is 5.82. The van der Waals surface area contributed by atoms with Crippen LogP contribution in [0.25, 0.3) is 11.2 Å². The van der Waals surface area contributed by atoms with Crippen LogP contribution in [-0.2, 0) is 4.79 Å². The van der Waals surface area contributed by atoms with Gasteiger partial charge in [-0.15, -0.1) is 0 Å². The number of rotatable bonds is 3. The highest BCUT2D eigenvalue weighted by molar-refractivity contribution is 6.19. The number of imidazole rings is 1. The summed E-state index contributed by atoms with van der Waals surface area (Å²) in [6, 6.07) is 1.99. The fourth-order valence-corrected chi connectivity index (χ4v) is 1.95. The predicted molar refractivity (Wildman–Crippen MR) is 72.3 cm³/mol. The third kappa shape index (κ3) is 2.27. The van der Waals surface area contributed by atoms with E-state index in [0.29, 0.717) is 5.57 Å². The molecule has 0 amide bonds. The molecule has 0 aromatic carbocycles. The van der Waals surface area contributed by atoms with Crippen LogP contribution in [0.3, 0.4) is 0 Å². The lowest BCUT2D eigenvalue weighted by molar-refractivity contribution is -0.111. The molecule has 2 heterocycles. The van der Waals surface area contributed by atoms with Gasteiger partial charge in [-0.2, -0.15) is 0 Å². The monoisotopic (exact) mass is 243 g/mol. The van der Waals surface area contributed by atoms with Gasteiger partial charge in [0.2, 0.25) is 0 Å². The van der Waals surface area contributed by atoms with Gasteiger partial charge in [0, 0.05) is 50.0 Å². The zero-order valence-corrected chi connectivity index (χ0v) is 11.1. The summed E-state index contributed by atoms with van der Waals surface area (Å²) >= 11 is 0. The summed E-state index contributed by atoms with van der Waals surface area (Å²) < 4.78 is 1.93. The Labute approximate surface area is 107 Å². The summed E-state index contributed by atoms with van der Waals surface area (Å²) in [7, 11) is 3.82. The van der Waals surface area contributed by atoms with E-state index >= 15 is 0 Å². The number of hydrogen-bond acceptors (Lipinski definition) is 3. The molecule has 0 fully saturated rings. The van der Waals surface area contributed by atoms with Gasteiger partial charge >= 0.3 is 0 Å². The van der Waals surface area contributed by atoms with Gasteiger partial charge < -0.3 is 9.30 Å². The summed E-state index contributed by atoms with van der Waals surface area (Å²) in [5.41, 5.74) is 3.61. The Morgan fingerprint density at radius 2 is 2.17 bits per heavy atom. The average Bonchev–Trinajstić information content (AvgIpc) is 2.71. The van der Waals surface area contributed by atoms with Crippen molar-refractivity contribution in [3.63, 3.8) is 0 Å². The maximum atomic E-state index is 11.8. The smallest absolute Gasteiger partial charge is 0.161 e. The topological polar surface area (TPSA) is 37.6 Å². The first-order chi connectivity index (χ1) is 8.49. The zero-order valence-electron chi connectivity index (χ0n) is 11.1. The van der Waals surface area contributed by atoms with Gasteiger partial charge in [-0.3, -0.25) is 4.79 Å². The van der Waals surface area contributed by atoms with Crippen LogP contribution in [0.5, 0.6) is 0 Å². The molecule has 0 bridgehead atoms. The zero-order chi connectivity index (χ0) is 13.3. The number of allylic oxidation sites excluding steroid dienone is 1. The van der Waals surface area contributed by atoms with Crippen molar-refractivity contribution in [1.29, 1.82) is 0 Å². The van der Waals surface area contributed by atoms with E-state index in [1.807, 2.05) is 55.0 Å². The van der Waals surface area contributed by atoms with E-state index in [1.54, 1.807) is 13.1 Å². The highest BCUT2D eigenvalue weighted by Gasteiger charge is 2.12. The van der Waals surface area contributed by atoms with Crippen molar-refractivity contribution in [2.45, 2.75) is 13.8 Å². The molecule has 0 saturated heterocycles. The number of fused-ring (bicyclic) bond motifs is 1. The van der Waals surface area contributed by atoms with E-state index in [-0.39, 0.29) is 5.78 Å². The van der Waals surface area contributed by atoms with Gasteiger partial charge in [0.05, 0.1) is 0 Å². The van der Waals surface area contributed by atoms with Crippen LogP contribution in [0.1, 0.15) is 18.1 Å². The van der Waals surface area contributed by atoms with Crippen molar-refractivity contribution in [3.8, 4) is 0 Å². The molecule has 0 saturated carbocycles. The fourth-order valence-electron chi connectivity index (χ4n) is 1.95. The first-order valence-corrected chi connectivity index (χ1v) is 5.82. The number of ketones is 1. The molecule has 0 radical (unpaired) electrons. The summed E-state index contributed by atoms with van der Waals surface area (Å²) in [4.78, 5) is 17.9. The minimum Gasteiger partial charge on any atom is -0.383 e. The quantitative estimate of drug-likeness (QED) is 0.775. The average molecular weight is 243 g/mol. The predicted octanol–water partition coefficient (Wildman–Crippen LogP) is 2.13. The SMILES string of the molecule is CC(=O)C(=CN(C)C)c1cn2ccnc2cc1C. The Kier molecular flexibility index (Phi) is 3.19. The lowest BCUT2D eigenvalue weighted by atomic mass is 10.0. The summed E-state index contributed by atoms with van der Waals surface area (Å²) in [5, 5.41) is 0. The maximum absolute atomic E-state index is 11.8. The normalized spacial score (nSPS) is 11.9. The third-order valence-corrected chi connectivity index (χ3v) is 2.79. The molecule has 0 aliphatic rings. The summed E-state index contributed by atoms with van der Waals surface area (Å²) in [6.45, 7) is 3.59. The van der Waals surface area contributed by atoms with E-state index < -0.39 is 0 Å². The minimum absolute atomic E-state index is 0.0614. The van der Waals surface area contributed by atoms with Crippen LogP contribution in [0.4, 0.5) is 0 Å². The first kappa shape index (κ1) is 12.4. The number of aromatic nitrogens is 2. The van der Waals surface area contributed by atoms with Gasteiger partial charge in [0.25, 0.3) is 0 Å². The largest absolute Gasteiger partial charge is 0.383 e. The maximum Gasteiger partial charge on any atom is 0.161 e. The molecule has 0 unspecified atom stereocenters. The Balaban J connectivity index is 2.63. The lowest BCUT2D eigenvalue weighted by Gasteiger charge is -2.12. The molecule has 0 aliphatic carbocycles. The van der Waals surface area contributed by atoms with Gasteiger partial charge in [0.1, 0.15) is 5.65 Å². The van der Waals surface area contributed by atoms with Crippen LogP contribution in [0.15, 0.2) is 30.9 Å². The van der Waals surface area contributed by atoms with Crippen molar-refractivity contribution < 1.29 is 4.79 Å². The highest BCUT2D eigenvalue weighted by atomic mass is 16.1. The number of pyridine rings is 1. The minimum atomic E-state index is 0.0614. The molecule has 2 aromatic heterocycles. The van der Waals surface area contributed by atoms with Gasteiger partial charge in [-0.05, 0) is 25.5 Å². The molecule has 0 N–H and O–H groups in total. The molecule has 2 aromatic rings. The molecular weight excluding hydrogens is 226 g/mol. The number of hydrogen-bond donors (Lipinski definition) is 0. The second-order valence-electron chi connectivity index (χ2n) is 4.63. The molecule has 0 aliphatic heterocycles. The van der Waals surface area contributed by atoms with Gasteiger partial charge in [-0.25, -0.2) is 4.98 Å². The Hall–Kier alpha value is -2.10. The van der Waals surface area contributed by atoms with Crippen LogP contribution in [0, 0.1) is 6.92 Å². The number of carbonyl (C=O) groups excluding carboxylic acids is 1. The number of aryl methyl sites for hydroxylation is 1. The number of carbonyl (C=O) groups is 1. The molecular formula is C14H17N3O. The van der Waals surface area contributed by atoms with Crippen molar-refractivity contribution in [1.82, 2.24) is 14.3 Å². The van der Waals surface area contributed by atoms with E-state index in [9.17, 15) is 4.79 Å². The molecule has 2 rings (SSSR count). The number of nitrogens with zero attached hydrogens (tertiary/aromatic N) is 3. The van der Waals surface area contributed by atoms with Crippen molar-refractivity contribution >= 4 is 17.0 Å². The van der Waals surface area contributed by atoms with Crippen LogP contribution in [0.2, 0.25) is 0 Å². The fraction of sp³-hybridized carbons (Fsp3) is 0.286. The van der Waals surface area contributed by atoms with E-state index in [0.717, 1.165) is 16.8 Å². The third-order valence-electron chi connectivity index (χ3n) is 2.79. The lowest BCUT2D eigenvalue weighted by Crippen LogP contribution is -2.08. The summed E-state index contributed by atoms with van der Waals surface area (Å²) in [6.07, 6.45) is 7.44.